The minimum absolute atomic E-state index is 0.318. The van der Waals surface area contributed by atoms with Gasteiger partial charge < -0.3 is 30.6 Å². The summed E-state index contributed by atoms with van der Waals surface area (Å²) >= 11 is 0. The minimum atomic E-state index is -1.58. The summed E-state index contributed by atoms with van der Waals surface area (Å²) in [6, 6.07) is 4.37. The van der Waals surface area contributed by atoms with Crippen molar-refractivity contribution >= 4 is 17.8 Å². The number of carbonyl (C=O) groups excluding carboxylic acids is 1. The van der Waals surface area contributed by atoms with Gasteiger partial charge in [-0.3, -0.25) is 4.79 Å². The summed E-state index contributed by atoms with van der Waals surface area (Å²) in [5, 5.41) is 56.2. The molecule has 2 rings (SSSR count). The molecule has 6 N–H and O–H groups in total. The van der Waals surface area contributed by atoms with E-state index in [1.807, 2.05) is 0 Å². The molecule has 0 amide bonds. The molecule has 0 aliphatic rings. The van der Waals surface area contributed by atoms with Crippen molar-refractivity contribution in [2.24, 2.45) is 0 Å². The Morgan fingerprint density at radius 2 is 1.50 bits per heavy atom. The van der Waals surface area contributed by atoms with Gasteiger partial charge in [0, 0.05) is 0 Å². The van der Waals surface area contributed by atoms with Crippen LogP contribution in [0.25, 0.3) is 6.08 Å². The van der Waals surface area contributed by atoms with Crippen LogP contribution in [0, 0.1) is 0 Å². The molecule has 2 aromatic carbocycles. The van der Waals surface area contributed by atoms with Gasteiger partial charge in [0.2, 0.25) is 5.75 Å². The van der Waals surface area contributed by atoms with E-state index in [1.165, 1.54) is 18.2 Å². The van der Waals surface area contributed by atoms with Crippen LogP contribution >= 0.6 is 0 Å². The summed E-state index contributed by atoms with van der Waals surface area (Å²) < 4.78 is 0. The number of carboxylic acids is 1. The van der Waals surface area contributed by atoms with Crippen LogP contribution in [-0.2, 0) is 0 Å². The molecule has 0 heterocycles. The quantitative estimate of drug-likeness (QED) is 0.281. The van der Waals surface area contributed by atoms with Gasteiger partial charge in [-0.25, -0.2) is 4.79 Å². The fraction of sp³-hybridized carbons (Fsp3) is 0. The molecule has 0 aromatic heterocycles. The summed E-state index contributed by atoms with van der Waals surface area (Å²) in [5.41, 5.74) is -1.07. The Labute approximate surface area is 134 Å². The highest BCUT2D eigenvalue weighted by molar-refractivity contribution is 6.15. The normalized spacial score (nSPS) is 10.8. The van der Waals surface area contributed by atoms with Crippen LogP contribution in [0.1, 0.15) is 26.3 Å². The number of carbonyl (C=O) groups is 2. The van der Waals surface area contributed by atoms with Crippen molar-refractivity contribution in [3.05, 3.63) is 47.0 Å². The van der Waals surface area contributed by atoms with Crippen LogP contribution in [0.15, 0.2) is 30.3 Å². The van der Waals surface area contributed by atoms with E-state index in [2.05, 4.69) is 0 Å². The first-order valence-electron chi connectivity index (χ1n) is 6.48. The summed E-state index contributed by atoms with van der Waals surface area (Å²) in [6.07, 6.45) is 2.11. The Morgan fingerprint density at radius 1 is 0.833 bits per heavy atom. The van der Waals surface area contributed by atoms with Crippen molar-refractivity contribution in [3.8, 4) is 28.7 Å². The number of hydrogen-bond acceptors (Lipinski definition) is 7. The number of rotatable bonds is 4. The van der Waals surface area contributed by atoms with Crippen LogP contribution in [0.2, 0.25) is 0 Å². The maximum absolute atomic E-state index is 12.2. The van der Waals surface area contributed by atoms with E-state index in [-0.39, 0.29) is 5.75 Å². The van der Waals surface area contributed by atoms with Crippen molar-refractivity contribution in [2.45, 2.75) is 0 Å². The third-order valence-electron chi connectivity index (χ3n) is 3.16. The molecule has 24 heavy (non-hydrogen) atoms. The minimum Gasteiger partial charge on any atom is -0.504 e. The van der Waals surface area contributed by atoms with Gasteiger partial charge in [0.05, 0.1) is 11.1 Å². The van der Waals surface area contributed by atoms with Crippen molar-refractivity contribution in [2.75, 3.05) is 0 Å². The molecule has 8 nitrogen and oxygen atoms in total. The number of benzene rings is 2. The van der Waals surface area contributed by atoms with Gasteiger partial charge in [-0.1, -0.05) is 12.1 Å². The molecule has 124 valence electrons. The number of carboxylic acid groups (broad SMARTS) is 1. The predicted octanol–water partition coefficient (Wildman–Crippen LogP) is 1.81. The van der Waals surface area contributed by atoms with Crippen LogP contribution in [0.3, 0.4) is 0 Å². The second-order valence-corrected chi connectivity index (χ2v) is 4.77. The topological polar surface area (TPSA) is 156 Å². The Balaban J connectivity index is 2.46. The lowest BCUT2D eigenvalue weighted by molar-refractivity contribution is 0.0691. The molecule has 0 saturated carbocycles. The van der Waals surface area contributed by atoms with E-state index in [0.717, 1.165) is 12.1 Å². The highest BCUT2D eigenvalue weighted by Gasteiger charge is 2.24. The van der Waals surface area contributed by atoms with Crippen molar-refractivity contribution < 1.29 is 40.2 Å². The maximum Gasteiger partial charge on any atom is 0.336 e. The average Bonchev–Trinajstić information content (AvgIpc) is 2.53. The smallest absolute Gasteiger partial charge is 0.336 e. The van der Waals surface area contributed by atoms with Crippen molar-refractivity contribution in [3.63, 3.8) is 0 Å². The molecule has 0 atom stereocenters. The van der Waals surface area contributed by atoms with E-state index in [9.17, 15) is 35.1 Å². The number of hydrogen-bond donors (Lipinski definition) is 6. The third-order valence-corrected chi connectivity index (χ3v) is 3.16. The highest BCUT2D eigenvalue weighted by Crippen LogP contribution is 2.40. The molecule has 0 bridgehead atoms. The zero-order valence-electron chi connectivity index (χ0n) is 12.0. The fourth-order valence-corrected chi connectivity index (χ4v) is 1.96. The van der Waals surface area contributed by atoms with Crippen LogP contribution in [-0.4, -0.2) is 42.4 Å². The van der Waals surface area contributed by atoms with Crippen molar-refractivity contribution in [1.29, 1.82) is 0 Å². The molecule has 0 radical (unpaired) electrons. The average molecular weight is 332 g/mol. The SMILES string of the molecule is O=C(O)c1cc(O)c(O)c(O)c1C(=O)/C=C/c1ccc(O)c(O)c1. The predicted molar refractivity (Wildman–Crippen MR) is 81.5 cm³/mol. The zero-order chi connectivity index (χ0) is 18.0. The number of ketones is 1. The van der Waals surface area contributed by atoms with Crippen LogP contribution in [0.4, 0.5) is 0 Å². The van der Waals surface area contributed by atoms with E-state index in [0.29, 0.717) is 11.6 Å². The van der Waals surface area contributed by atoms with Gasteiger partial charge >= 0.3 is 5.97 Å². The Morgan fingerprint density at radius 3 is 2.08 bits per heavy atom. The summed E-state index contributed by atoms with van der Waals surface area (Å²) in [6.45, 7) is 0. The monoisotopic (exact) mass is 332 g/mol. The number of allylic oxidation sites excluding steroid dienone is 1. The summed E-state index contributed by atoms with van der Waals surface area (Å²) in [4.78, 5) is 23.3. The van der Waals surface area contributed by atoms with Gasteiger partial charge in [-0.15, -0.1) is 0 Å². The summed E-state index contributed by atoms with van der Waals surface area (Å²) in [5.74, 6) is -6.26. The molecule has 0 spiro atoms. The molecular formula is C16H12O8. The Hall–Kier alpha value is -3.68. The van der Waals surface area contributed by atoms with E-state index >= 15 is 0 Å². The first-order valence-corrected chi connectivity index (χ1v) is 6.48. The van der Waals surface area contributed by atoms with E-state index in [1.54, 1.807) is 0 Å². The third kappa shape index (κ3) is 3.07. The van der Waals surface area contributed by atoms with Crippen LogP contribution in [0.5, 0.6) is 28.7 Å². The van der Waals surface area contributed by atoms with Crippen molar-refractivity contribution in [1.82, 2.24) is 0 Å². The van der Waals surface area contributed by atoms with Gasteiger partial charge in [0.1, 0.15) is 0 Å². The molecule has 0 unspecified atom stereocenters. The highest BCUT2D eigenvalue weighted by atomic mass is 16.4. The fourth-order valence-electron chi connectivity index (χ4n) is 1.96. The molecular weight excluding hydrogens is 320 g/mol. The summed E-state index contributed by atoms with van der Waals surface area (Å²) in [7, 11) is 0. The maximum atomic E-state index is 12.2. The van der Waals surface area contributed by atoms with Crippen LogP contribution < -0.4 is 0 Å². The van der Waals surface area contributed by atoms with Gasteiger partial charge in [0.25, 0.3) is 0 Å². The lowest BCUT2D eigenvalue weighted by Gasteiger charge is -2.09. The molecule has 0 fully saturated rings. The number of phenolic OH excluding ortho intramolecular Hbond substituents is 5. The van der Waals surface area contributed by atoms with E-state index < -0.39 is 45.9 Å². The number of phenols is 5. The Bertz CT molecular complexity index is 867. The second-order valence-electron chi connectivity index (χ2n) is 4.77. The lowest BCUT2D eigenvalue weighted by atomic mass is 10.00. The van der Waals surface area contributed by atoms with Gasteiger partial charge in [-0.05, 0) is 29.8 Å². The largest absolute Gasteiger partial charge is 0.504 e. The lowest BCUT2D eigenvalue weighted by Crippen LogP contribution is -2.07. The number of aromatic carboxylic acids is 1. The number of aromatic hydroxyl groups is 5. The molecule has 0 saturated heterocycles. The molecule has 8 heteroatoms. The zero-order valence-corrected chi connectivity index (χ0v) is 12.0. The van der Waals surface area contributed by atoms with Gasteiger partial charge in [0.15, 0.2) is 28.8 Å². The second kappa shape index (κ2) is 6.21. The standard InChI is InChI=1S/C16H12O8/c17-9-3-1-7(5-11(9)19)2-4-10(18)13-8(16(23)24)6-12(20)14(21)15(13)22/h1-6,17,19-22H,(H,23,24)/b4-2+. The first kappa shape index (κ1) is 16.7. The van der Waals surface area contributed by atoms with E-state index in [4.69, 9.17) is 5.11 Å². The molecule has 0 aliphatic carbocycles. The Kier molecular flexibility index (Phi) is 4.32. The first-order chi connectivity index (χ1) is 11.2. The molecule has 2 aromatic rings. The van der Waals surface area contributed by atoms with Gasteiger partial charge in [-0.2, -0.15) is 0 Å². The molecule has 0 aliphatic heterocycles.